The standard InChI is InChI=1S/C16H19FN2O/c1-11(14-6-4-5-9-19-14)16(18-2)12-7-8-13(17)15(10-12)20-3/h4-11,16,18H,1-3H3. The molecule has 0 saturated heterocycles. The molecular weight excluding hydrogens is 255 g/mol. The largest absolute Gasteiger partial charge is 0.494 e. The van der Waals surface area contributed by atoms with Gasteiger partial charge in [0.25, 0.3) is 0 Å². The average molecular weight is 274 g/mol. The first-order valence-corrected chi connectivity index (χ1v) is 6.59. The molecule has 0 spiro atoms. The van der Waals surface area contributed by atoms with Gasteiger partial charge in [0.2, 0.25) is 0 Å². The number of likely N-dealkylation sites (N-methyl/N-ethyl adjacent to an activating group) is 1. The number of rotatable bonds is 5. The van der Waals surface area contributed by atoms with Crippen LogP contribution in [0.5, 0.6) is 5.75 Å². The molecule has 0 bridgehead atoms. The van der Waals surface area contributed by atoms with E-state index < -0.39 is 0 Å². The predicted molar refractivity (Wildman–Crippen MR) is 77.4 cm³/mol. The molecule has 0 radical (unpaired) electrons. The molecule has 0 aliphatic heterocycles. The smallest absolute Gasteiger partial charge is 0.165 e. The maximum atomic E-state index is 13.5. The third-order valence-electron chi connectivity index (χ3n) is 3.50. The molecule has 1 aromatic carbocycles. The summed E-state index contributed by atoms with van der Waals surface area (Å²) >= 11 is 0. The maximum absolute atomic E-state index is 13.5. The predicted octanol–water partition coefficient (Wildman–Crippen LogP) is 3.29. The fourth-order valence-corrected chi connectivity index (χ4v) is 2.39. The van der Waals surface area contributed by atoms with E-state index in [1.165, 1.54) is 13.2 Å². The lowest BCUT2D eigenvalue weighted by atomic mass is 9.91. The van der Waals surface area contributed by atoms with Crippen LogP contribution in [-0.4, -0.2) is 19.1 Å². The van der Waals surface area contributed by atoms with Gasteiger partial charge < -0.3 is 10.1 Å². The minimum Gasteiger partial charge on any atom is -0.494 e. The van der Waals surface area contributed by atoms with Crippen molar-refractivity contribution < 1.29 is 9.13 Å². The summed E-state index contributed by atoms with van der Waals surface area (Å²) < 4.78 is 18.6. The average Bonchev–Trinajstić information content (AvgIpc) is 2.50. The zero-order valence-electron chi connectivity index (χ0n) is 11.9. The van der Waals surface area contributed by atoms with Crippen molar-refractivity contribution in [1.82, 2.24) is 10.3 Å². The summed E-state index contributed by atoms with van der Waals surface area (Å²) in [5, 5.41) is 3.27. The lowest BCUT2D eigenvalue weighted by Gasteiger charge is -2.24. The van der Waals surface area contributed by atoms with E-state index in [-0.39, 0.29) is 23.5 Å². The lowest BCUT2D eigenvalue weighted by Crippen LogP contribution is -2.23. The number of aromatic nitrogens is 1. The van der Waals surface area contributed by atoms with Crippen LogP contribution in [0.15, 0.2) is 42.6 Å². The topological polar surface area (TPSA) is 34.1 Å². The molecule has 1 aromatic heterocycles. The number of ether oxygens (including phenoxy) is 1. The number of nitrogens with zero attached hydrogens (tertiary/aromatic N) is 1. The third-order valence-corrected chi connectivity index (χ3v) is 3.50. The molecule has 0 amide bonds. The first-order valence-electron chi connectivity index (χ1n) is 6.59. The van der Waals surface area contributed by atoms with Crippen molar-refractivity contribution >= 4 is 0 Å². The maximum Gasteiger partial charge on any atom is 0.165 e. The van der Waals surface area contributed by atoms with Gasteiger partial charge in [0, 0.05) is 23.9 Å². The Morgan fingerprint density at radius 2 is 2.05 bits per heavy atom. The van der Waals surface area contributed by atoms with E-state index in [1.54, 1.807) is 18.3 Å². The molecule has 0 fully saturated rings. The Morgan fingerprint density at radius 1 is 1.25 bits per heavy atom. The summed E-state index contributed by atoms with van der Waals surface area (Å²) in [5.74, 6) is 0.0731. The first kappa shape index (κ1) is 14.5. The van der Waals surface area contributed by atoms with Crippen molar-refractivity contribution in [2.24, 2.45) is 0 Å². The second kappa shape index (κ2) is 6.48. The van der Waals surface area contributed by atoms with Gasteiger partial charge in [0.1, 0.15) is 0 Å². The number of methoxy groups -OCH3 is 1. The van der Waals surface area contributed by atoms with Crippen LogP contribution < -0.4 is 10.1 Å². The van der Waals surface area contributed by atoms with Crippen molar-refractivity contribution in [2.75, 3.05) is 14.2 Å². The summed E-state index contributed by atoms with van der Waals surface area (Å²) in [5.41, 5.74) is 1.97. The van der Waals surface area contributed by atoms with Gasteiger partial charge in [-0.05, 0) is 36.9 Å². The van der Waals surface area contributed by atoms with E-state index in [4.69, 9.17) is 4.74 Å². The summed E-state index contributed by atoms with van der Waals surface area (Å²) in [6, 6.07) is 10.8. The number of nitrogens with one attached hydrogen (secondary N) is 1. The lowest BCUT2D eigenvalue weighted by molar-refractivity contribution is 0.384. The summed E-state index contributed by atoms with van der Waals surface area (Å²) in [7, 11) is 3.36. The summed E-state index contributed by atoms with van der Waals surface area (Å²) in [4.78, 5) is 4.39. The van der Waals surface area contributed by atoms with Crippen LogP contribution in [0.2, 0.25) is 0 Å². The van der Waals surface area contributed by atoms with Gasteiger partial charge in [-0.3, -0.25) is 4.98 Å². The molecule has 0 aliphatic carbocycles. The molecule has 2 aromatic rings. The molecule has 0 saturated carbocycles. The first-order chi connectivity index (χ1) is 9.67. The van der Waals surface area contributed by atoms with Gasteiger partial charge in [0.15, 0.2) is 11.6 Å². The highest BCUT2D eigenvalue weighted by Crippen LogP contribution is 2.31. The van der Waals surface area contributed by atoms with Crippen LogP contribution in [0, 0.1) is 5.82 Å². The van der Waals surface area contributed by atoms with E-state index in [0.29, 0.717) is 0 Å². The summed E-state index contributed by atoms with van der Waals surface area (Å²) in [6.45, 7) is 2.10. The Hall–Kier alpha value is -1.94. The van der Waals surface area contributed by atoms with Gasteiger partial charge in [-0.25, -0.2) is 4.39 Å². The molecule has 106 valence electrons. The summed E-state index contributed by atoms with van der Waals surface area (Å²) in [6.07, 6.45) is 1.78. The quantitative estimate of drug-likeness (QED) is 0.908. The third kappa shape index (κ3) is 2.96. The second-order valence-electron chi connectivity index (χ2n) is 4.70. The Labute approximate surface area is 118 Å². The van der Waals surface area contributed by atoms with E-state index in [1.807, 2.05) is 25.2 Å². The Bertz CT molecular complexity index is 560. The van der Waals surface area contributed by atoms with Crippen molar-refractivity contribution in [3.63, 3.8) is 0 Å². The van der Waals surface area contributed by atoms with Crippen LogP contribution >= 0.6 is 0 Å². The Balaban J connectivity index is 2.32. The molecule has 2 unspecified atom stereocenters. The van der Waals surface area contributed by atoms with Crippen LogP contribution in [0.25, 0.3) is 0 Å². The molecular formula is C16H19FN2O. The molecule has 20 heavy (non-hydrogen) atoms. The minimum absolute atomic E-state index is 0.0411. The van der Waals surface area contributed by atoms with Crippen molar-refractivity contribution in [3.05, 3.63) is 59.7 Å². The fraction of sp³-hybridized carbons (Fsp3) is 0.312. The molecule has 3 nitrogen and oxygen atoms in total. The fourth-order valence-electron chi connectivity index (χ4n) is 2.39. The normalized spacial score (nSPS) is 13.8. The van der Waals surface area contributed by atoms with Crippen molar-refractivity contribution in [1.29, 1.82) is 0 Å². The van der Waals surface area contributed by atoms with Gasteiger partial charge in [-0.15, -0.1) is 0 Å². The second-order valence-corrected chi connectivity index (χ2v) is 4.70. The molecule has 2 atom stereocenters. The van der Waals surface area contributed by atoms with Crippen LogP contribution in [0.3, 0.4) is 0 Å². The number of hydrogen-bond acceptors (Lipinski definition) is 3. The van der Waals surface area contributed by atoms with E-state index in [2.05, 4.69) is 17.2 Å². The molecule has 4 heteroatoms. The number of halogens is 1. The highest BCUT2D eigenvalue weighted by molar-refractivity contribution is 5.33. The zero-order chi connectivity index (χ0) is 14.5. The van der Waals surface area contributed by atoms with Crippen LogP contribution in [0.1, 0.15) is 30.1 Å². The monoisotopic (exact) mass is 274 g/mol. The van der Waals surface area contributed by atoms with E-state index in [0.717, 1.165) is 11.3 Å². The van der Waals surface area contributed by atoms with Gasteiger partial charge in [-0.1, -0.05) is 19.1 Å². The van der Waals surface area contributed by atoms with Crippen LogP contribution in [0.4, 0.5) is 4.39 Å². The SMILES string of the molecule is CNC(c1ccc(F)c(OC)c1)C(C)c1ccccn1. The minimum atomic E-state index is -0.350. The highest BCUT2D eigenvalue weighted by atomic mass is 19.1. The molecule has 1 heterocycles. The Kier molecular flexibility index (Phi) is 4.69. The van der Waals surface area contributed by atoms with Gasteiger partial charge in [-0.2, -0.15) is 0 Å². The van der Waals surface area contributed by atoms with Gasteiger partial charge >= 0.3 is 0 Å². The highest BCUT2D eigenvalue weighted by Gasteiger charge is 2.21. The number of pyridine rings is 1. The molecule has 2 rings (SSSR count). The van der Waals surface area contributed by atoms with E-state index >= 15 is 0 Å². The van der Waals surface area contributed by atoms with E-state index in [9.17, 15) is 4.39 Å². The zero-order valence-corrected chi connectivity index (χ0v) is 11.9. The number of hydrogen-bond donors (Lipinski definition) is 1. The van der Waals surface area contributed by atoms with Crippen molar-refractivity contribution in [3.8, 4) is 5.75 Å². The van der Waals surface area contributed by atoms with Crippen molar-refractivity contribution in [2.45, 2.75) is 18.9 Å². The Morgan fingerprint density at radius 3 is 2.65 bits per heavy atom. The molecule has 1 N–H and O–H groups in total. The van der Waals surface area contributed by atoms with Crippen LogP contribution in [-0.2, 0) is 0 Å². The van der Waals surface area contributed by atoms with Gasteiger partial charge in [0.05, 0.1) is 7.11 Å². The molecule has 0 aliphatic rings. The number of benzene rings is 1.